The summed E-state index contributed by atoms with van der Waals surface area (Å²) < 4.78 is 5.20. The molecule has 1 heterocycles. The van der Waals surface area contributed by atoms with E-state index in [1.807, 2.05) is 13.0 Å². The molecule has 0 aromatic carbocycles. The average molecular weight is 215 g/mol. The summed E-state index contributed by atoms with van der Waals surface area (Å²) in [7, 11) is 1.70. The molecule has 0 saturated carbocycles. The second-order valence-corrected chi connectivity index (χ2v) is 3.63. The Morgan fingerprint density at radius 2 is 2.21 bits per heavy atom. The van der Waals surface area contributed by atoms with Crippen LogP contribution in [0.15, 0.2) is 18.3 Å². The number of hydrogen-bond donors (Lipinski definition) is 1. The molecule has 1 aromatic heterocycles. The van der Waals surface area contributed by atoms with Crippen LogP contribution < -0.4 is 5.32 Å². The summed E-state index contributed by atoms with van der Waals surface area (Å²) in [5.74, 6) is 0. The van der Waals surface area contributed by atoms with E-state index in [0.29, 0.717) is 5.15 Å². The van der Waals surface area contributed by atoms with Crippen LogP contribution in [0.3, 0.4) is 0 Å². The Labute approximate surface area is 89.4 Å². The fraction of sp³-hybridized carbons (Fsp3) is 0.500. The molecule has 0 fully saturated rings. The predicted octanol–water partition coefficient (Wildman–Crippen LogP) is 2.57. The second-order valence-electron chi connectivity index (χ2n) is 3.24. The summed E-state index contributed by atoms with van der Waals surface area (Å²) in [5, 5.41) is 3.78. The Morgan fingerprint density at radius 3 is 2.79 bits per heavy atom. The SMILES string of the molecule is COC(C)[C@@H](C)Nc1ccnc(Cl)c1. The quantitative estimate of drug-likeness (QED) is 0.783. The molecule has 0 saturated heterocycles. The van der Waals surface area contributed by atoms with Gasteiger partial charge in [-0.25, -0.2) is 4.98 Å². The van der Waals surface area contributed by atoms with Crippen molar-refractivity contribution in [1.29, 1.82) is 0 Å². The van der Waals surface area contributed by atoms with Gasteiger partial charge in [0.25, 0.3) is 0 Å². The molecule has 0 spiro atoms. The van der Waals surface area contributed by atoms with Crippen molar-refractivity contribution in [2.24, 2.45) is 0 Å². The van der Waals surface area contributed by atoms with E-state index in [-0.39, 0.29) is 12.1 Å². The third-order valence-corrected chi connectivity index (χ3v) is 2.40. The Balaban J connectivity index is 2.60. The van der Waals surface area contributed by atoms with Gasteiger partial charge in [0.1, 0.15) is 5.15 Å². The van der Waals surface area contributed by atoms with Crippen LogP contribution in [0, 0.1) is 0 Å². The van der Waals surface area contributed by atoms with Crippen molar-refractivity contribution in [2.45, 2.75) is 26.0 Å². The van der Waals surface area contributed by atoms with E-state index >= 15 is 0 Å². The van der Waals surface area contributed by atoms with Gasteiger partial charge in [-0.1, -0.05) is 11.6 Å². The highest BCUT2D eigenvalue weighted by atomic mass is 35.5. The Hall–Kier alpha value is -0.800. The number of nitrogens with zero attached hydrogens (tertiary/aromatic N) is 1. The summed E-state index contributed by atoms with van der Waals surface area (Å²) >= 11 is 5.76. The summed E-state index contributed by atoms with van der Waals surface area (Å²) in [6, 6.07) is 3.91. The number of methoxy groups -OCH3 is 1. The molecule has 0 amide bonds. The number of halogens is 1. The topological polar surface area (TPSA) is 34.1 Å². The third-order valence-electron chi connectivity index (χ3n) is 2.20. The van der Waals surface area contributed by atoms with Gasteiger partial charge in [0, 0.05) is 25.0 Å². The molecule has 0 radical (unpaired) electrons. The highest BCUT2D eigenvalue weighted by molar-refractivity contribution is 6.29. The summed E-state index contributed by atoms with van der Waals surface area (Å²) in [5.41, 5.74) is 0.960. The van der Waals surface area contributed by atoms with Crippen molar-refractivity contribution >= 4 is 17.3 Å². The molecule has 78 valence electrons. The minimum Gasteiger partial charge on any atom is -0.380 e. The number of pyridine rings is 1. The lowest BCUT2D eigenvalue weighted by molar-refractivity contribution is 0.106. The predicted molar refractivity (Wildman–Crippen MR) is 58.8 cm³/mol. The number of anilines is 1. The molecule has 1 unspecified atom stereocenters. The third kappa shape index (κ3) is 3.16. The molecule has 0 aliphatic rings. The molecule has 14 heavy (non-hydrogen) atoms. The monoisotopic (exact) mass is 214 g/mol. The van der Waals surface area contributed by atoms with Gasteiger partial charge >= 0.3 is 0 Å². The van der Waals surface area contributed by atoms with Gasteiger partial charge < -0.3 is 10.1 Å². The molecular formula is C10H15ClN2O. The van der Waals surface area contributed by atoms with Gasteiger partial charge in [0.05, 0.1) is 6.10 Å². The van der Waals surface area contributed by atoms with Crippen molar-refractivity contribution < 1.29 is 4.74 Å². The summed E-state index contributed by atoms with van der Waals surface area (Å²) in [6.45, 7) is 4.07. The molecule has 0 aliphatic heterocycles. The number of nitrogens with one attached hydrogen (secondary N) is 1. The minimum absolute atomic E-state index is 0.155. The maximum absolute atomic E-state index is 5.76. The van der Waals surface area contributed by atoms with Crippen molar-refractivity contribution in [3.05, 3.63) is 23.5 Å². The Kier molecular flexibility index (Phi) is 4.17. The summed E-state index contributed by atoms with van der Waals surface area (Å²) in [6.07, 6.45) is 1.83. The molecule has 2 atom stereocenters. The van der Waals surface area contributed by atoms with Gasteiger partial charge in [-0.05, 0) is 26.0 Å². The van der Waals surface area contributed by atoms with Gasteiger partial charge in [0.15, 0.2) is 0 Å². The van der Waals surface area contributed by atoms with Crippen LogP contribution in [0.5, 0.6) is 0 Å². The Bertz CT molecular complexity index is 293. The molecule has 1 N–H and O–H groups in total. The van der Waals surface area contributed by atoms with Gasteiger partial charge in [-0.3, -0.25) is 0 Å². The average Bonchev–Trinajstić information content (AvgIpc) is 2.16. The van der Waals surface area contributed by atoms with Crippen molar-refractivity contribution in [2.75, 3.05) is 12.4 Å². The lowest BCUT2D eigenvalue weighted by Crippen LogP contribution is -2.29. The minimum atomic E-state index is 0.155. The van der Waals surface area contributed by atoms with Crippen molar-refractivity contribution in [3.8, 4) is 0 Å². The van der Waals surface area contributed by atoms with E-state index in [0.717, 1.165) is 5.69 Å². The van der Waals surface area contributed by atoms with E-state index in [1.54, 1.807) is 19.4 Å². The normalized spacial score (nSPS) is 14.9. The lowest BCUT2D eigenvalue weighted by atomic mass is 10.2. The zero-order valence-electron chi connectivity index (χ0n) is 8.62. The van der Waals surface area contributed by atoms with Crippen LogP contribution in [-0.4, -0.2) is 24.2 Å². The van der Waals surface area contributed by atoms with Gasteiger partial charge in [-0.15, -0.1) is 0 Å². The van der Waals surface area contributed by atoms with Gasteiger partial charge in [-0.2, -0.15) is 0 Å². The standard InChI is InChI=1S/C10H15ClN2O/c1-7(8(2)14-3)13-9-4-5-12-10(11)6-9/h4-8H,1-3H3,(H,12,13)/t7-,8?/m1/s1. The highest BCUT2D eigenvalue weighted by Gasteiger charge is 2.10. The van der Waals surface area contributed by atoms with E-state index < -0.39 is 0 Å². The van der Waals surface area contributed by atoms with Crippen molar-refractivity contribution in [3.63, 3.8) is 0 Å². The number of ether oxygens (including phenoxy) is 1. The van der Waals surface area contributed by atoms with Gasteiger partial charge in [0.2, 0.25) is 0 Å². The van der Waals surface area contributed by atoms with Crippen LogP contribution in [0.2, 0.25) is 5.15 Å². The fourth-order valence-corrected chi connectivity index (χ4v) is 1.25. The zero-order valence-corrected chi connectivity index (χ0v) is 9.38. The molecule has 4 heteroatoms. The van der Waals surface area contributed by atoms with Crippen LogP contribution in [0.25, 0.3) is 0 Å². The molecule has 0 bridgehead atoms. The second kappa shape index (κ2) is 5.17. The number of hydrogen-bond acceptors (Lipinski definition) is 3. The van der Waals surface area contributed by atoms with E-state index in [1.165, 1.54) is 0 Å². The smallest absolute Gasteiger partial charge is 0.131 e. The van der Waals surface area contributed by atoms with Crippen LogP contribution in [0.4, 0.5) is 5.69 Å². The van der Waals surface area contributed by atoms with Crippen LogP contribution in [0.1, 0.15) is 13.8 Å². The first kappa shape index (κ1) is 11.3. The van der Waals surface area contributed by atoms with E-state index in [4.69, 9.17) is 16.3 Å². The number of aromatic nitrogens is 1. The van der Waals surface area contributed by atoms with Crippen molar-refractivity contribution in [1.82, 2.24) is 4.98 Å². The molecule has 1 rings (SSSR count). The maximum Gasteiger partial charge on any atom is 0.131 e. The maximum atomic E-state index is 5.76. The fourth-order valence-electron chi connectivity index (χ4n) is 1.08. The summed E-state index contributed by atoms with van der Waals surface area (Å²) in [4.78, 5) is 3.91. The zero-order chi connectivity index (χ0) is 10.6. The Morgan fingerprint density at radius 1 is 1.50 bits per heavy atom. The lowest BCUT2D eigenvalue weighted by Gasteiger charge is -2.20. The molecule has 3 nitrogen and oxygen atoms in total. The number of rotatable bonds is 4. The van der Waals surface area contributed by atoms with E-state index in [2.05, 4.69) is 17.2 Å². The van der Waals surface area contributed by atoms with Crippen LogP contribution in [-0.2, 0) is 4.74 Å². The first-order chi connectivity index (χ1) is 6.63. The highest BCUT2D eigenvalue weighted by Crippen LogP contribution is 2.14. The van der Waals surface area contributed by atoms with Crippen LogP contribution >= 0.6 is 11.6 Å². The van der Waals surface area contributed by atoms with E-state index in [9.17, 15) is 0 Å². The first-order valence-corrected chi connectivity index (χ1v) is 4.92. The molecule has 1 aromatic rings. The molecular weight excluding hydrogens is 200 g/mol. The first-order valence-electron chi connectivity index (χ1n) is 4.54. The largest absolute Gasteiger partial charge is 0.380 e. The molecule has 0 aliphatic carbocycles.